The van der Waals surface area contributed by atoms with Crippen LogP contribution >= 0.6 is 0 Å². The fourth-order valence-electron chi connectivity index (χ4n) is 1.32. The van der Waals surface area contributed by atoms with Gasteiger partial charge in [-0.05, 0) is 19.8 Å². The van der Waals surface area contributed by atoms with E-state index in [2.05, 4.69) is 13.8 Å². The summed E-state index contributed by atoms with van der Waals surface area (Å²) in [5, 5.41) is 0. The van der Waals surface area contributed by atoms with Crippen LogP contribution in [0.1, 0.15) is 33.6 Å². The van der Waals surface area contributed by atoms with Gasteiger partial charge in [-0.2, -0.15) is 0 Å². The molecule has 11 heavy (non-hydrogen) atoms. The van der Waals surface area contributed by atoms with E-state index in [9.17, 15) is 0 Å². The zero-order valence-corrected chi connectivity index (χ0v) is 7.46. The molecule has 1 aliphatic rings. The second-order valence-electron chi connectivity index (χ2n) is 2.88. The SMILES string of the molecule is CCC1OC=C(C)OC1CC. The third-order valence-electron chi connectivity index (χ3n) is 1.97. The van der Waals surface area contributed by atoms with Gasteiger partial charge in [0.25, 0.3) is 0 Å². The van der Waals surface area contributed by atoms with E-state index in [-0.39, 0.29) is 12.2 Å². The largest absolute Gasteiger partial charge is 0.491 e. The van der Waals surface area contributed by atoms with Crippen molar-refractivity contribution in [2.45, 2.75) is 45.8 Å². The van der Waals surface area contributed by atoms with Gasteiger partial charge in [0.2, 0.25) is 0 Å². The molecule has 0 saturated heterocycles. The van der Waals surface area contributed by atoms with Crippen molar-refractivity contribution < 1.29 is 9.47 Å². The molecule has 0 aromatic heterocycles. The Kier molecular flexibility index (Phi) is 2.80. The van der Waals surface area contributed by atoms with Crippen LogP contribution in [0.2, 0.25) is 0 Å². The van der Waals surface area contributed by atoms with Gasteiger partial charge in [-0.25, -0.2) is 0 Å². The van der Waals surface area contributed by atoms with Crippen LogP contribution in [0.25, 0.3) is 0 Å². The predicted octanol–water partition coefficient (Wildman–Crippen LogP) is 2.45. The monoisotopic (exact) mass is 156 g/mol. The van der Waals surface area contributed by atoms with Gasteiger partial charge in [0, 0.05) is 0 Å². The molecule has 0 N–H and O–H groups in total. The molecule has 2 nitrogen and oxygen atoms in total. The van der Waals surface area contributed by atoms with Gasteiger partial charge in [0.15, 0.2) is 0 Å². The summed E-state index contributed by atoms with van der Waals surface area (Å²) in [7, 11) is 0. The molecule has 2 unspecified atom stereocenters. The maximum atomic E-state index is 5.58. The first-order chi connectivity index (χ1) is 5.27. The molecule has 0 bridgehead atoms. The summed E-state index contributed by atoms with van der Waals surface area (Å²) in [5.41, 5.74) is 0. The van der Waals surface area contributed by atoms with Gasteiger partial charge in [-0.3, -0.25) is 0 Å². The van der Waals surface area contributed by atoms with Gasteiger partial charge in [0.1, 0.15) is 24.2 Å². The first-order valence-corrected chi connectivity index (χ1v) is 4.26. The molecule has 0 fully saturated rings. The molecular weight excluding hydrogens is 140 g/mol. The Balaban J connectivity index is 2.55. The van der Waals surface area contributed by atoms with Crippen LogP contribution in [0.15, 0.2) is 12.0 Å². The highest BCUT2D eigenvalue weighted by atomic mass is 16.6. The van der Waals surface area contributed by atoms with E-state index < -0.39 is 0 Å². The highest BCUT2D eigenvalue weighted by Gasteiger charge is 2.23. The Labute approximate surface area is 68.2 Å². The van der Waals surface area contributed by atoms with Crippen LogP contribution < -0.4 is 0 Å². The van der Waals surface area contributed by atoms with E-state index in [1.54, 1.807) is 6.26 Å². The Morgan fingerprint density at radius 3 is 2.45 bits per heavy atom. The van der Waals surface area contributed by atoms with Crippen molar-refractivity contribution in [3.05, 3.63) is 12.0 Å². The molecule has 0 amide bonds. The zero-order valence-electron chi connectivity index (χ0n) is 7.46. The van der Waals surface area contributed by atoms with Gasteiger partial charge in [-0.15, -0.1) is 0 Å². The predicted molar refractivity (Wildman–Crippen MR) is 44.1 cm³/mol. The van der Waals surface area contributed by atoms with Crippen molar-refractivity contribution in [3.63, 3.8) is 0 Å². The van der Waals surface area contributed by atoms with Gasteiger partial charge >= 0.3 is 0 Å². The van der Waals surface area contributed by atoms with Gasteiger partial charge in [-0.1, -0.05) is 13.8 Å². The summed E-state index contributed by atoms with van der Waals surface area (Å²) in [4.78, 5) is 0. The molecule has 2 heteroatoms. The average Bonchev–Trinajstić information content (AvgIpc) is 2.04. The third kappa shape index (κ3) is 1.88. The summed E-state index contributed by atoms with van der Waals surface area (Å²) >= 11 is 0. The van der Waals surface area contributed by atoms with E-state index in [0.29, 0.717) is 0 Å². The van der Waals surface area contributed by atoms with Crippen LogP contribution in [0.4, 0.5) is 0 Å². The van der Waals surface area contributed by atoms with Crippen molar-refractivity contribution in [2.75, 3.05) is 0 Å². The summed E-state index contributed by atoms with van der Waals surface area (Å²) < 4.78 is 11.0. The Morgan fingerprint density at radius 2 is 1.91 bits per heavy atom. The normalized spacial score (nSPS) is 30.3. The van der Waals surface area contributed by atoms with E-state index in [0.717, 1.165) is 18.6 Å². The second-order valence-corrected chi connectivity index (χ2v) is 2.88. The van der Waals surface area contributed by atoms with Gasteiger partial charge in [0.05, 0.1) is 0 Å². The van der Waals surface area contributed by atoms with Crippen LogP contribution in [-0.4, -0.2) is 12.2 Å². The summed E-state index contributed by atoms with van der Waals surface area (Å²) in [5.74, 6) is 0.890. The summed E-state index contributed by atoms with van der Waals surface area (Å²) in [6, 6.07) is 0. The molecule has 1 rings (SSSR count). The molecule has 0 aromatic rings. The number of hydrogen-bond donors (Lipinski definition) is 0. The highest BCUT2D eigenvalue weighted by molar-refractivity contribution is 4.90. The maximum Gasteiger partial charge on any atom is 0.135 e. The molecule has 0 aliphatic carbocycles. The molecule has 2 atom stereocenters. The lowest BCUT2D eigenvalue weighted by molar-refractivity contribution is -0.0498. The van der Waals surface area contributed by atoms with E-state index >= 15 is 0 Å². The minimum atomic E-state index is 0.253. The molecular formula is C9H16O2. The first kappa shape index (κ1) is 8.44. The summed E-state index contributed by atoms with van der Waals surface area (Å²) in [6.45, 7) is 6.16. The lowest BCUT2D eigenvalue weighted by atomic mass is 10.1. The first-order valence-electron chi connectivity index (χ1n) is 4.26. The van der Waals surface area contributed by atoms with Crippen LogP contribution in [0.3, 0.4) is 0 Å². The lowest BCUT2D eigenvalue weighted by Gasteiger charge is -2.30. The molecule has 0 radical (unpaired) electrons. The van der Waals surface area contributed by atoms with Crippen molar-refractivity contribution in [2.24, 2.45) is 0 Å². The van der Waals surface area contributed by atoms with Crippen molar-refractivity contribution in [3.8, 4) is 0 Å². The molecule has 1 aliphatic heterocycles. The van der Waals surface area contributed by atoms with Crippen LogP contribution in [0.5, 0.6) is 0 Å². The van der Waals surface area contributed by atoms with E-state index in [4.69, 9.17) is 9.47 Å². The van der Waals surface area contributed by atoms with Gasteiger partial charge < -0.3 is 9.47 Å². The smallest absolute Gasteiger partial charge is 0.135 e. The number of allylic oxidation sites excluding steroid dienone is 1. The molecule has 0 aromatic carbocycles. The average molecular weight is 156 g/mol. The summed E-state index contributed by atoms with van der Waals surface area (Å²) in [6.07, 6.45) is 4.25. The number of ether oxygens (including phenoxy) is 2. The van der Waals surface area contributed by atoms with Crippen molar-refractivity contribution >= 4 is 0 Å². The Bertz CT molecular complexity index is 152. The lowest BCUT2D eigenvalue weighted by Crippen LogP contribution is -2.32. The maximum absolute atomic E-state index is 5.58. The molecule has 1 heterocycles. The van der Waals surface area contributed by atoms with E-state index in [1.807, 2.05) is 6.92 Å². The number of hydrogen-bond acceptors (Lipinski definition) is 2. The van der Waals surface area contributed by atoms with Crippen molar-refractivity contribution in [1.82, 2.24) is 0 Å². The zero-order chi connectivity index (χ0) is 8.27. The Morgan fingerprint density at radius 1 is 1.27 bits per heavy atom. The van der Waals surface area contributed by atoms with E-state index in [1.165, 1.54) is 0 Å². The van der Waals surface area contributed by atoms with Crippen LogP contribution in [-0.2, 0) is 9.47 Å². The fraction of sp³-hybridized carbons (Fsp3) is 0.778. The number of rotatable bonds is 2. The molecule has 64 valence electrons. The topological polar surface area (TPSA) is 18.5 Å². The molecule has 0 saturated carbocycles. The minimum absolute atomic E-state index is 0.253. The Hall–Kier alpha value is -0.660. The quantitative estimate of drug-likeness (QED) is 0.611. The second kappa shape index (κ2) is 3.65. The van der Waals surface area contributed by atoms with Crippen LogP contribution in [0, 0.1) is 0 Å². The minimum Gasteiger partial charge on any atom is -0.491 e. The highest BCUT2D eigenvalue weighted by Crippen LogP contribution is 2.20. The third-order valence-corrected chi connectivity index (χ3v) is 1.97. The molecule has 0 spiro atoms. The van der Waals surface area contributed by atoms with Crippen molar-refractivity contribution in [1.29, 1.82) is 0 Å². The standard InChI is InChI=1S/C9H16O2/c1-4-8-9(5-2)11-7(3)6-10-8/h6,8-9H,4-5H2,1-3H3. The fourth-order valence-corrected chi connectivity index (χ4v) is 1.32.